The second kappa shape index (κ2) is 10.7. The fourth-order valence-corrected chi connectivity index (χ4v) is 7.46. The molecule has 224 valence electrons. The van der Waals surface area contributed by atoms with E-state index in [-0.39, 0.29) is 5.92 Å². The Bertz CT molecular complexity index is 2560. The highest BCUT2D eigenvalue weighted by Gasteiger charge is 2.26. The normalized spacial score (nSPS) is 16.5. The fourth-order valence-electron chi connectivity index (χ4n) is 7.46. The van der Waals surface area contributed by atoms with Gasteiger partial charge in [-0.2, -0.15) is 0 Å². The number of aromatic nitrogens is 3. The molecular weight excluding hydrogens is 583 g/mol. The van der Waals surface area contributed by atoms with Crippen LogP contribution >= 0.6 is 0 Å². The lowest BCUT2D eigenvalue weighted by Crippen LogP contribution is -2.15. The average Bonchev–Trinajstić information content (AvgIpc) is 3.17. The van der Waals surface area contributed by atoms with Crippen LogP contribution in [0.25, 0.3) is 83.2 Å². The van der Waals surface area contributed by atoms with Gasteiger partial charge in [0.1, 0.15) is 0 Å². The summed E-state index contributed by atoms with van der Waals surface area (Å²) in [4.78, 5) is 15.9. The van der Waals surface area contributed by atoms with Gasteiger partial charge in [-0.1, -0.05) is 127 Å². The first-order chi connectivity index (χ1) is 23.7. The van der Waals surface area contributed by atoms with E-state index < -0.39 is 0 Å². The summed E-state index contributed by atoms with van der Waals surface area (Å²) in [7, 11) is 0. The van der Waals surface area contributed by atoms with E-state index in [1.54, 1.807) is 0 Å². The maximum atomic E-state index is 5.34. The molecule has 0 N–H and O–H groups in total. The molecule has 0 fully saturated rings. The average molecular weight is 612 g/mol. The van der Waals surface area contributed by atoms with Gasteiger partial charge in [-0.25, -0.2) is 9.97 Å². The Labute approximate surface area is 278 Å². The van der Waals surface area contributed by atoms with Crippen LogP contribution in [0.2, 0.25) is 0 Å². The van der Waals surface area contributed by atoms with Crippen molar-refractivity contribution in [2.75, 3.05) is 0 Å². The first-order valence-electron chi connectivity index (χ1n) is 16.5. The summed E-state index contributed by atoms with van der Waals surface area (Å²) in [6.45, 7) is 0. The van der Waals surface area contributed by atoms with Crippen molar-refractivity contribution in [1.82, 2.24) is 15.0 Å². The second-order valence-corrected chi connectivity index (χ2v) is 12.8. The topological polar surface area (TPSA) is 38.7 Å². The summed E-state index contributed by atoms with van der Waals surface area (Å²) in [5, 5.41) is 6.95. The molecule has 0 bridgehead atoms. The van der Waals surface area contributed by atoms with Crippen molar-refractivity contribution in [3.8, 4) is 33.8 Å². The van der Waals surface area contributed by atoms with E-state index in [4.69, 9.17) is 15.0 Å². The standard InChI is InChI=1S/C45H29N3/c1-4-10-37-28(7-1)13-16-31-19-22-40(46-43(31)37)34-25-35(41-23-20-32-17-14-29-8-2-5-11-38(29)44(32)47-41)27-36(26-34)42-24-21-33-18-15-30-9-3-6-12-39(30)45(33)48-42/h1-28,37H. The summed E-state index contributed by atoms with van der Waals surface area (Å²) < 4.78 is 0. The minimum Gasteiger partial charge on any atom is -0.252 e. The minimum absolute atomic E-state index is 0.239. The van der Waals surface area contributed by atoms with Crippen LogP contribution < -0.4 is 0 Å². The zero-order chi connectivity index (χ0) is 31.6. The van der Waals surface area contributed by atoms with Crippen LogP contribution in [0.3, 0.4) is 0 Å². The molecule has 2 aliphatic rings. The number of pyridine rings is 3. The number of benzene rings is 5. The molecule has 3 heteroatoms. The lowest BCUT2D eigenvalue weighted by atomic mass is 9.80. The van der Waals surface area contributed by atoms with Crippen LogP contribution in [0.1, 0.15) is 17.2 Å². The van der Waals surface area contributed by atoms with Crippen molar-refractivity contribution in [3.05, 3.63) is 169 Å². The highest BCUT2D eigenvalue weighted by atomic mass is 14.7. The quantitative estimate of drug-likeness (QED) is 0.187. The van der Waals surface area contributed by atoms with Gasteiger partial charge < -0.3 is 0 Å². The monoisotopic (exact) mass is 611 g/mol. The van der Waals surface area contributed by atoms with Gasteiger partial charge in [-0.3, -0.25) is 4.98 Å². The maximum absolute atomic E-state index is 5.34. The van der Waals surface area contributed by atoms with E-state index in [1.807, 2.05) is 0 Å². The Balaban J connectivity index is 1.19. The van der Waals surface area contributed by atoms with Crippen molar-refractivity contribution < 1.29 is 0 Å². The number of hydrogen-bond acceptors (Lipinski definition) is 3. The lowest BCUT2D eigenvalue weighted by Gasteiger charge is -2.26. The summed E-state index contributed by atoms with van der Waals surface area (Å²) in [5.74, 6) is 0.573. The molecule has 3 heterocycles. The van der Waals surface area contributed by atoms with Crippen LogP contribution in [0, 0.1) is 5.92 Å². The largest absolute Gasteiger partial charge is 0.252 e. The number of hydrogen-bond donors (Lipinski definition) is 0. The summed E-state index contributed by atoms with van der Waals surface area (Å²) in [6.07, 6.45) is 13.3. The van der Waals surface area contributed by atoms with Gasteiger partial charge in [0.25, 0.3) is 0 Å². The first kappa shape index (κ1) is 27.0. The molecule has 0 aliphatic heterocycles. The smallest absolute Gasteiger partial charge is 0.0787 e. The van der Waals surface area contributed by atoms with Gasteiger partial charge in [-0.15, -0.1) is 0 Å². The van der Waals surface area contributed by atoms with E-state index in [0.717, 1.165) is 72.0 Å². The fraction of sp³-hybridized carbons (Fsp3) is 0.0444. The molecule has 3 nitrogen and oxygen atoms in total. The Morgan fingerprint density at radius 3 is 1.54 bits per heavy atom. The Morgan fingerprint density at radius 2 is 0.917 bits per heavy atom. The van der Waals surface area contributed by atoms with Crippen LogP contribution in [0.4, 0.5) is 0 Å². The first-order valence-corrected chi connectivity index (χ1v) is 16.5. The van der Waals surface area contributed by atoms with Crippen molar-refractivity contribution >= 4 is 49.4 Å². The van der Waals surface area contributed by atoms with Crippen molar-refractivity contribution in [1.29, 1.82) is 0 Å². The van der Waals surface area contributed by atoms with E-state index in [1.165, 1.54) is 16.3 Å². The second-order valence-electron chi connectivity index (χ2n) is 12.8. The Morgan fingerprint density at radius 1 is 0.417 bits per heavy atom. The van der Waals surface area contributed by atoms with E-state index in [9.17, 15) is 0 Å². The molecule has 48 heavy (non-hydrogen) atoms. The molecule has 5 aromatic carbocycles. The number of fused-ring (bicyclic) bond motifs is 9. The van der Waals surface area contributed by atoms with Gasteiger partial charge in [0, 0.05) is 50.1 Å². The summed E-state index contributed by atoms with van der Waals surface area (Å²) in [6, 6.07) is 45.3. The third-order valence-electron chi connectivity index (χ3n) is 9.94. The minimum atomic E-state index is 0.239. The van der Waals surface area contributed by atoms with Gasteiger partial charge >= 0.3 is 0 Å². The SMILES string of the molecule is C1=CC2C=Cc3ccc(-c4cc(-c5ccc6ccc7ccccc7c6n5)cc(-c5ccc6ccc7ccccc7c6n5)c4)nc3C2C=C1. The van der Waals surface area contributed by atoms with Crippen molar-refractivity contribution in [2.45, 2.75) is 5.92 Å². The van der Waals surface area contributed by atoms with E-state index in [2.05, 4.69) is 164 Å². The Kier molecular flexibility index (Phi) is 6.00. The van der Waals surface area contributed by atoms with Gasteiger partial charge in [0.15, 0.2) is 0 Å². The van der Waals surface area contributed by atoms with E-state index in [0.29, 0.717) is 5.92 Å². The highest BCUT2D eigenvalue weighted by Crippen LogP contribution is 2.39. The number of nitrogens with zero attached hydrogens (tertiary/aromatic N) is 3. The molecule has 2 unspecified atom stereocenters. The lowest BCUT2D eigenvalue weighted by molar-refractivity contribution is 0.672. The highest BCUT2D eigenvalue weighted by molar-refractivity contribution is 6.07. The molecule has 2 atom stereocenters. The van der Waals surface area contributed by atoms with Crippen LogP contribution in [0.5, 0.6) is 0 Å². The van der Waals surface area contributed by atoms with Crippen LogP contribution in [-0.4, -0.2) is 15.0 Å². The predicted octanol–water partition coefficient (Wildman–Crippen LogP) is 11.3. The molecular formula is C45H29N3. The molecule has 8 aromatic rings. The summed E-state index contributed by atoms with van der Waals surface area (Å²) in [5.41, 5.74) is 10.2. The van der Waals surface area contributed by atoms with Crippen LogP contribution in [0.15, 0.2) is 158 Å². The zero-order valence-corrected chi connectivity index (χ0v) is 26.1. The molecule has 0 saturated heterocycles. The summed E-state index contributed by atoms with van der Waals surface area (Å²) >= 11 is 0. The third-order valence-corrected chi connectivity index (χ3v) is 9.94. The van der Waals surface area contributed by atoms with Crippen molar-refractivity contribution in [2.24, 2.45) is 5.92 Å². The van der Waals surface area contributed by atoms with E-state index >= 15 is 0 Å². The van der Waals surface area contributed by atoms with Gasteiger partial charge in [0.2, 0.25) is 0 Å². The molecule has 0 amide bonds. The molecule has 10 rings (SSSR count). The molecule has 3 aromatic heterocycles. The molecule has 0 spiro atoms. The Hall–Kier alpha value is -6.19. The van der Waals surface area contributed by atoms with Gasteiger partial charge in [-0.05, 0) is 52.7 Å². The molecule has 0 saturated carbocycles. The molecule has 2 aliphatic carbocycles. The third kappa shape index (κ3) is 4.39. The molecule has 0 radical (unpaired) electrons. The van der Waals surface area contributed by atoms with Gasteiger partial charge in [0.05, 0.1) is 33.8 Å². The maximum Gasteiger partial charge on any atom is 0.0787 e. The number of rotatable bonds is 3. The van der Waals surface area contributed by atoms with Crippen molar-refractivity contribution in [3.63, 3.8) is 0 Å². The van der Waals surface area contributed by atoms with Crippen LogP contribution in [-0.2, 0) is 0 Å². The zero-order valence-electron chi connectivity index (χ0n) is 26.1. The number of allylic oxidation sites excluding steroid dienone is 5. The predicted molar refractivity (Wildman–Crippen MR) is 200 cm³/mol.